The zero-order valence-electron chi connectivity index (χ0n) is 17.1. The number of aromatic nitrogens is 1. The number of likely N-dealkylation sites (tertiary alicyclic amines) is 1. The van der Waals surface area contributed by atoms with Gasteiger partial charge in [0.1, 0.15) is 5.82 Å². The molecule has 0 bridgehead atoms. The monoisotopic (exact) mass is 430 g/mol. The first-order chi connectivity index (χ1) is 14.3. The summed E-state index contributed by atoms with van der Waals surface area (Å²) < 4.78 is 15.3. The lowest BCUT2D eigenvalue weighted by Crippen LogP contribution is -2.45. The minimum atomic E-state index is -0.708. The summed E-state index contributed by atoms with van der Waals surface area (Å²) in [6.45, 7) is 5.98. The fourth-order valence-corrected chi connectivity index (χ4v) is 5.17. The Morgan fingerprint density at radius 3 is 2.77 bits per heavy atom. The second-order valence-electron chi connectivity index (χ2n) is 8.31. The largest absolute Gasteiger partial charge is 0.368 e. The van der Waals surface area contributed by atoms with Crippen molar-refractivity contribution >= 4 is 40.0 Å². The van der Waals surface area contributed by atoms with Crippen LogP contribution in [0.15, 0.2) is 6.07 Å². The minimum absolute atomic E-state index is 0.0868. The molecule has 0 saturated carbocycles. The number of carbonyl (C=O) groups excluding carboxylic acids is 2. The van der Waals surface area contributed by atoms with E-state index in [0.717, 1.165) is 19.3 Å². The molecule has 0 radical (unpaired) electrons. The highest BCUT2D eigenvalue weighted by atomic mass is 35.5. The van der Waals surface area contributed by atoms with E-state index in [-0.39, 0.29) is 16.9 Å². The van der Waals surface area contributed by atoms with Gasteiger partial charge >= 0.3 is 0 Å². The van der Waals surface area contributed by atoms with E-state index in [9.17, 15) is 9.59 Å². The Morgan fingerprint density at radius 1 is 1.30 bits per heavy atom. The molecule has 1 unspecified atom stereocenters. The quantitative estimate of drug-likeness (QED) is 0.718. The molecule has 6 nitrogen and oxygen atoms in total. The standard InChI is InChI=1S/C22H24ClFN4O2/c1-3-5-16(29)27-9-7-22(11-27)6-4-8-28(12-22)20-15(24)10-14(21(25)30)19-17(20)18(23)13(2)26-19/h10,26H,4,6-9,11-12H2,1-2H3,(H2,25,30). The number of amides is 2. The van der Waals surface area contributed by atoms with E-state index in [1.165, 1.54) is 6.07 Å². The second kappa shape index (κ2) is 7.51. The van der Waals surface area contributed by atoms with Crippen LogP contribution in [0.4, 0.5) is 10.1 Å². The third-order valence-corrected chi connectivity index (χ3v) is 6.79. The van der Waals surface area contributed by atoms with E-state index in [2.05, 4.69) is 16.8 Å². The van der Waals surface area contributed by atoms with Crippen LogP contribution in [0.25, 0.3) is 10.9 Å². The van der Waals surface area contributed by atoms with Crippen LogP contribution in [0.3, 0.4) is 0 Å². The van der Waals surface area contributed by atoms with E-state index < -0.39 is 11.7 Å². The smallest absolute Gasteiger partial charge is 0.298 e. The number of carbonyl (C=O) groups is 2. The molecule has 2 saturated heterocycles. The fraction of sp³-hybridized carbons (Fsp3) is 0.455. The lowest BCUT2D eigenvalue weighted by molar-refractivity contribution is -0.124. The number of primary amides is 1. The Balaban J connectivity index is 1.73. The number of hydrogen-bond donors (Lipinski definition) is 2. The molecule has 1 atom stereocenters. The third-order valence-electron chi connectivity index (χ3n) is 6.32. The van der Waals surface area contributed by atoms with E-state index in [0.29, 0.717) is 53.5 Å². The highest BCUT2D eigenvalue weighted by Crippen LogP contribution is 2.44. The summed E-state index contributed by atoms with van der Waals surface area (Å²) in [4.78, 5) is 31.0. The summed E-state index contributed by atoms with van der Waals surface area (Å²) in [6, 6.07) is 1.19. The lowest BCUT2D eigenvalue weighted by atomic mass is 9.79. The molecule has 2 fully saturated rings. The van der Waals surface area contributed by atoms with Crippen molar-refractivity contribution in [2.45, 2.75) is 33.1 Å². The SMILES string of the molecule is CC#CC(=O)N1CCC2(CCCN(c3c(F)cc(C(N)=O)c4[nH]c(C)c(Cl)c34)C2)C1. The van der Waals surface area contributed by atoms with Crippen molar-refractivity contribution in [3.63, 3.8) is 0 Å². The lowest BCUT2D eigenvalue weighted by Gasteiger charge is -2.42. The van der Waals surface area contributed by atoms with Gasteiger partial charge in [-0.05, 0) is 45.1 Å². The van der Waals surface area contributed by atoms with E-state index in [1.807, 2.05) is 4.90 Å². The van der Waals surface area contributed by atoms with Gasteiger partial charge in [0.05, 0.1) is 21.8 Å². The number of rotatable bonds is 2. The molecule has 2 aliphatic rings. The Labute approximate surface area is 179 Å². The molecule has 2 aliphatic heterocycles. The number of aromatic amines is 1. The molecule has 2 amide bonds. The summed E-state index contributed by atoms with van der Waals surface area (Å²) in [6.07, 6.45) is 2.70. The van der Waals surface area contributed by atoms with Crippen LogP contribution in [0.5, 0.6) is 0 Å². The number of halogens is 2. The number of anilines is 1. The van der Waals surface area contributed by atoms with Crippen molar-refractivity contribution in [1.29, 1.82) is 0 Å². The Kier molecular flexibility index (Phi) is 5.15. The number of nitrogens with two attached hydrogens (primary N) is 1. The number of benzene rings is 1. The van der Waals surface area contributed by atoms with Gasteiger partial charge in [-0.3, -0.25) is 9.59 Å². The average Bonchev–Trinajstić information content (AvgIpc) is 3.23. The van der Waals surface area contributed by atoms with Crippen LogP contribution >= 0.6 is 11.6 Å². The highest BCUT2D eigenvalue weighted by molar-refractivity contribution is 6.38. The number of piperidine rings is 1. The van der Waals surface area contributed by atoms with Crippen molar-refractivity contribution in [3.05, 3.63) is 28.2 Å². The maximum absolute atomic E-state index is 15.3. The molecular formula is C22H24ClFN4O2. The summed E-state index contributed by atoms with van der Waals surface area (Å²) in [5.41, 5.74) is 6.95. The molecule has 1 aromatic carbocycles. The van der Waals surface area contributed by atoms with Crippen molar-refractivity contribution in [1.82, 2.24) is 9.88 Å². The average molecular weight is 431 g/mol. The van der Waals surface area contributed by atoms with Crippen LogP contribution in [-0.4, -0.2) is 47.9 Å². The molecule has 0 aliphatic carbocycles. The Morgan fingerprint density at radius 2 is 2.07 bits per heavy atom. The second-order valence-corrected chi connectivity index (χ2v) is 8.69. The molecular weight excluding hydrogens is 407 g/mol. The maximum Gasteiger partial charge on any atom is 0.298 e. The van der Waals surface area contributed by atoms with Gasteiger partial charge in [0.25, 0.3) is 11.8 Å². The van der Waals surface area contributed by atoms with Crippen LogP contribution in [-0.2, 0) is 4.79 Å². The van der Waals surface area contributed by atoms with Crippen molar-refractivity contribution in [2.75, 3.05) is 31.1 Å². The van der Waals surface area contributed by atoms with Gasteiger partial charge in [0, 0.05) is 42.7 Å². The number of H-pyrrole nitrogens is 1. The summed E-state index contributed by atoms with van der Waals surface area (Å²) >= 11 is 6.52. The fourth-order valence-electron chi connectivity index (χ4n) is 4.94. The van der Waals surface area contributed by atoms with Crippen molar-refractivity contribution < 1.29 is 14.0 Å². The van der Waals surface area contributed by atoms with E-state index >= 15 is 4.39 Å². The topological polar surface area (TPSA) is 82.4 Å². The summed E-state index contributed by atoms with van der Waals surface area (Å²) in [7, 11) is 0. The predicted molar refractivity (Wildman–Crippen MR) is 115 cm³/mol. The number of nitrogens with one attached hydrogen (secondary N) is 1. The highest BCUT2D eigenvalue weighted by Gasteiger charge is 2.43. The van der Waals surface area contributed by atoms with Gasteiger partial charge in [0.15, 0.2) is 0 Å². The molecule has 3 N–H and O–H groups in total. The maximum atomic E-state index is 15.3. The first-order valence-corrected chi connectivity index (χ1v) is 10.4. The Bertz CT molecular complexity index is 1120. The third kappa shape index (κ3) is 3.29. The van der Waals surface area contributed by atoms with Gasteiger partial charge < -0.3 is 20.5 Å². The summed E-state index contributed by atoms with van der Waals surface area (Å²) in [5.74, 6) is 3.89. The molecule has 1 spiro atoms. The molecule has 3 heterocycles. The van der Waals surface area contributed by atoms with Gasteiger partial charge in [-0.25, -0.2) is 4.39 Å². The van der Waals surface area contributed by atoms with Gasteiger partial charge in [-0.1, -0.05) is 17.5 Å². The van der Waals surface area contributed by atoms with E-state index in [4.69, 9.17) is 17.3 Å². The number of hydrogen-bond acceptors (Lipinski definition) is 3. The zero-order valence-corrected chi connectivity index (χ0v) is 17.8. The molecule has 4 rings (SSSR count). The van der Waals surface area contributed by atoms with Crippen LogP contribution < -0.4 is 10.6 Å². The Hall–Kier alpha value is -2.72. The van der Waals surface area contributed by atoms with Gasteiger partial charge in [-0.2, -0.15) is 0 Å². The van der Waals surface area contributed by atoms with Gasteiger partial charge in [-0.15, -0.1) is 0 Å². The first kappa shape index (κ1) is 20.5. The van der Waals surface area contributed by atoms with Crippen LogP contribution in [0, 0.1) is 30.0 Å². The molecule has 30 heavy (non-hydrogen) atoms. The van der Waals surface area contributed by atoms with Crippen LogP contribution in [0.1, 0.15) is 42.2 Å². The van der Waals surface area contributed by atoms with Gasteiger partial charge in [0.2, 0.25) is 0 Å². The predicted octanol–water partition coefficient (Wildman–Crippen LogP) is 3.21. The van der Waals surface area contributed by atoms with Crippen molar-refractivity contribution in [3.8, 4) is 11.8 Å². The minimum Gasteiger partial charge on any atom is -0.368 e. The molecule has 1 aromatic heterocycles. The molecule has 158 valence electrons. The summed E-state index contributed by atoms with van der Waals surface area (Å²) in [5, 5.41) is 0.880. The molecule has 8 heteroatoms. The van der Waals surface area contributed by atoms with E-state index in [1.54, 1.807) is 18.7 Å². The normalized spacial score (nSPS) is 21.2. The zero-order chi connectivity index (χ0) is 21.6. The first-order valence-electron chi connectivity index (χ1n) is 10.0. The van der Waals surface area contributed by atoms with Crippen molar-refractivity contribution in [2.24, 2.45) is 11.1 Å². The van der Waals surface area contributed by atoms with Crippen LogP contribution in [0.2, 0.25) is 5.02 Å². The number of fused-ring (bicyclic) bond motifs is 1. The number of nitrogens with zero attached hydrogens (tertiary/aromatic N) is 2. The molecule has 2 aromatic rings. The number of aryl methyl sites for hydroxylation is 1.